The molecule has 116 valence electrons. The molecule has 2 amide bonds. The van der Waals surface area contributed by atoms with E-state index in [0.717, 1.165) is 12.0 Å². The predicted octanol–water partition coefficient (Wildman–Crippen LogP) is 2.94. The van der Waals surface area contributed by atoms with Crippen molar-refractivity contribution in [3.8, 4) is 0 Å². The fourth-order valence-electron chi connectivity index (χ4n) is 2.89. The van der Waals surface area contributed by atoms with Gasteiger partial charge in [0.2, 0.25) is 0 Å². The Morgan fingerprint density at radius 1 is 1.45 bits per heavy atom. The summed E-state index contributed by atoms with van der Waals surface area (Å²) in [7, 11) is 0. The fraction of sp³-hybridized carbons (Fsp3) is 0.375. The maximum absolute atomic E-state index is 13.9. The predicted molar refractivity (Wildman–Crippen MR) is 78.5 cm³/mol. The Balaban J connectivity index is 1.69. The highest BCUT2D eigenvalue weighted by Gasteiger charge is 2.29. The summed E-state index contributed by atoms with van der Waals surface area (Å²) >= 11 is 0. The van der Waals surface area contributed by atoms with Crippen molar-refractivity contribution in [1.82, 2.24) is 15.8 Å². The maximum atomic E-state index is 13.9. The van der Waals surface area contributed by atoms with Gasteiger partial charge in [-0.3, -0.25) is 0 Å². The van der Waals surface area contributed by atoms with E-state index in [4.69, 9.17) is 4.52 Å². The van der Waals surface area contributed by atoms with E-state index >= 15 is 0 Å². The molecular formula is C16H18FN3O2. The SMILES string of the molecule is C[C@H]1CCc2c(F)cccc2[C@H]1NC(=O)NCc1ccon1. The van der Waals surface area contributed by atoms with Gasteiger partial charge in [-0.2, -0.15) is 0 Å². The van der Waals surface area contributed by atoms with Crippen LogP contribution in [0.5, 0.6) is 0 Å². The zero-order valence-corrected chi connectivity index (χ0v) is 12.3. The van der Waals surface area contributed by atoms with Gasteiger partial charge in [0, 0.05) is 6.07 Å². The normalized spacial score (nSPS) is 20.3. The van der Waals surface area contributed by atoms with Crippen molar-refractivity contribution in [2.24, 2.45) is 5.92 Å². The molecule has 0 saturated heterocycles. The molecule has 1 aromatic heterocycles. The summed E-state index contributed by atoms with van der Waals surface area (Å²) in [5.41, 5.74) is 2.23. The molecule has 5 nitrogen and oxygen atoms in total. The van der Waals surface area contributed by atoms with Gasteiger partial charge >= 0.3 is 6.03 Å². The average Bonchev–Trinajstić information content (AvgIpc) is 3.02. The molecule has 0 radical (unpaired) electrons. The first kappa shape index (κ1) is 14.6. The number of nitrogens with one attached hydrogen (secondary N) is 2. The van der Waals surface area contributed by atoms with Crippen molar-refractivity contribution < 1.29 is 13.7 Å². The Hall–Kier alpha value is -2.37. The zero-order chi connectivity index (χ0) is 15.5. The van der Waals surface area contributed by atoms with Gasteiger partial charge in [-0.1, -0.05) is 24.2 Å². The number of hydrogen-bond acceptors (Lipinski definition) is 3. The van der Waals surface area contributed by atoms with Gasteiger partial charge in [-0.15, -0.1) is 0 Å². The number of carbonyl (C=O) groups is 1. The molecule has 0 spiro atoms. The van der Waals surface area contributed by atoms with Crippen LogP contribution in [0, 0.1) is 11.7 Å². The van der Waals surface area contributed by atoms with Crippen LogP contribution in [0.3, 0.4) is 0 Å². The van der Waals surface area contributed by atoms with Crippen molar-refractivity contribution in [3.63, 3.8) is 0 Å². The lowest BCUT2D eigenvalue weighted by atomic mass is 9.80. The number of carbonyl (C=O) groups excluding carboxylic acids is 1. The van der Waals surface area contributed by atoms with Crippen molar-refractivity contribution in [2.75, 3.05) is 0 Å². The minimum absolute atomic E-state index is 0.184. The summed E-state index contributed by atoms with van der Waals surface area (Å²) in [6.45, 7) is 2.36. The first-order valence-electron chi connectivity index (χ1n) is 7.36. The van der Waals surface area contributed by atoms with Crippen LogP contribution in [0.25, 0.3) is 0 Å². The number of benzene rings is 1. The lowest BCUT2D eigenvalue weighted by Gasteiger charge is -2.32. The van der Waals surface area contributed by atoms with E-state index < -0.39 is 0 Å². The number of fused-ring (bicyclic) bond motifs is 1. The smallest absolute Gasteiger partial charge is 0.315 e. The minimum Gasteiger partial charge on any atom is -0.364 e. The molecule has 1 heterocycles. The maximum Gasteiger partial charge on any atom is 0.315 e. The van der Waals surface area contributed by atoms with Crippen LogP contribution in [-0.2, 0) is 13.0 Å². The van der Waals surface area contributed by atoms with Gasteiger partial charge < -0.3 is 15.2 Å². The van der Waals surface area contributed by atoms with E-state index in [9.17, 15) is 9.18 Å². The number of rotatable bonds is 3. The van der Waals surface area contributed by atoms with Gasteiger partial charge in [-0.05, 0) is 36.0 Å². The van der Waals surface area contributed by atoms with E-state index in [1.807, 2.05) is 6.07 Å². The molecule has 2 N–H and O–H groups in total. The average molecular weight is 303 g/mol. The van der Waals surface area contributed by atoms with E-state index in [1.54, 1.807) is 12.1 Å². The second-order valence-corrected chi connectivity index (χ2v) is 5.62. The van der Waals surface area contributed by atoms with Gasteiger partial charge in [0.05, 0.1) is 12.6 Å². The molecule has 22 heavy (non-hydrogen) atoms. The van der Waals surface area contributed by atoms with Crippen LogP contribution < -0.4 is 10.6 Å². The molecule has 0 aliphatic heterocycles. The second kappa shape index (κ2) is 6.17. The Bertz CT molecular complexity index is 657. The molecule has 6 heteroatoms. The van der Waals surface area contributed by atoms with Crippen LogP contribution in [0.4, 0.5) is 9.18 Å². The standard InChI is InChI=1S/C16H18FN3O2/c1-10-5-6-12-13(3-2-4-14(12)17)15(10)19-16(21)18-9-11-7-8-22-20-11/h2-4,7-8,10,15H,5-6,9H2,1H3,(H2,18,19,21)/t10-,15-/m0/s1. The van der Waals surface area contributed by atoms with Gasteiger partial charge in [0.1, 0.15) is 17.8 Å². The van der Waals surface area contributed by atoms with Crippen LogP contribution in [0.15, 0.2) is 35.1 Å². The lowest BCUT2D eigenvalue weighted by molar-refractivity contribution is 0.228. The summed E-state index contributed by atoms with van der Waals surface area (Å²) in [5.74, 6) is 0.0614. The highest BCUT2D eigenvalue weighted by Crippen LogP contribution is 2.35. The van der Waals surface area contributed by atoms with Crippen molar-refractivity contribution in [2.45, 2.75) is 32.4 Å². The molecule has 3 rings (SSSR count). The van der Waals surface area contributed by atoms with Gasteiger partial charge in [0.25, 0.3) is 0 Å². The summed E-state index contributed by atoms with van der Waals surface area (Å²) in [6.07, 6.45) is 3.02. The number of urea groups is 1. The highest BCUT2D eigenvalue weighted by atomic mass is 19.1. The third-order valence-electron chi connectivity index (χ3n) is 4.12. The van der Waals surface area contributed by atoms with Crippen molar-refractivity contribution in [1.29, 1.82) is 0 Å². The Labute approximate surface area is 127 Å². The summed E-state index contributed by atoms with van der Waals surface area (Å²) < 4.78 is 18.6. The Kier molecular flexibility index (Phi) is 4.09. The highest BCUT2D eigenvalue weighted by molar-refractivity contribution is 5.74. The van der Waals surface area contributed by atoms with Crippen molar-refractivity contribution in [3.05, 3.63) is 53.2 Å². The van der Waals surface area contributed by atoms with Crippen LogP contribution in [0.2, 0.25) is 0 Å². The number of halogens is 1. The summed E-state index contributed by atoms with van der Waals surface area (Å²) in [4.78, 5) is 12.1. The Morgan fingerprint density at radius 3 is 3.09 bits per heavy atom. The fourth-order valence-corrected chi connectivity index (χ4v) is 2.89. The molecule has 0 saturated carbocycles. The van der Waals surface area contributed by atoms with Crippen LogP contribution in [-0.4, -0.2) is 11.2 Å². The molecule has 1 aromatic carbocycles. The van der Waals surface area contributed by atoms with Crippen LogP contribution in [0.1, 0.15) is 36.2 Å². The van der Waals surface area contributed by atoms with Gasteiger partial charge in [0.15, 0.2) is 0 Å². The van der Waals surface area contributed by atoms with Crippen molar-refractivity contribution >= 4 is 6.03 Å². The number of nitrogens with zero attached hydrogens (tertiary/aromatic N) is 1. The summed E-state index contributed by atoms with van der Waals surface area (Å²) in [5, 5.41) is 9.40. The molecule has 2 aromatic rings. The number of hydrogen-bond donors (Lipinski definition) is 2. The van der Waals surface area contributed by atoms with E-state index in [0.29, 0.717) is 24.2 Å². The molecule has 2 atom stereocenters. The molecule has 1 aliphatic rings. The van der Waals surface area contributed by atoms with Crippen LogP contribution >= 0.6 is 0 Å². The Morgan fingerprint density at radius 2 is 2.32 bits per heavy atom. The quantitative estimate of drug-likeness (QED) is 0.916. The molecule has 0 bridgehead atoms. The molecule has 0 fully saturated rings. The second-order valence-electron chi connectivity index (χ2n) is 5.62. The lowest BCUT2D eigenvalue weighted by Crippen LogP contribution is -2.41. The number of aromatic nitrogens is 1. The third-order valence-corrected chi connectivity index (χ3v) is 4.12. The van der Waals surface area contributed by atoms with E-state index in [2.05, 4.69) is 22.7 Å². The molecule has 0 unspecified atom stereocenters. The minimum atomic E-state index is -0.294. The topological polar surface area (TPSA) is 67.2 Å². The molecular weight excluding hydrogens is 285 g/mol. The van der Waals surface area contributed by atoms with E-state index in [1.165, 1.54) is 12.3 Å². The monoisotopic (exact) mass is 303 g/mol. The largest absolute Gasteiger partial charge is 0.364 e. The van der Waals surface area contributed by atoms with E-state index in [-0.39, 0.29) is 23.8 Å². The first-order chi connectivity index (χ1) is 10.6. The third kappa shape index (κ3) is 2.95. The van der Waals surface area contributed by atoms with Gasteiger partial charge in [-0.25, -0.2) is 9.18 Å². The summed E-state index contributed by atoms with van der Waals surface area (Å²) in [6, 6.07) is 6.25. The molecule has 1 aliphatic carbocycles. The zero-order valence-electron chi connectivity index (χ0n) is 12.3. The number of amides is 2. The first-order valence-corrected chi connectivity index (χ1v) is 7.36.